The second-order valence-corrected chi connectivity index (χ2v) is 10.1. The Labute approximate surface area is 203 Å². The van der Waals surface area contributed by atoms with Gasteiger partial charge >= 0.3 is 6.03 Å². The zero-order chi connectivity index (χ0) is 23.0. The molecule has 0 bridgehead atoms. The van der Waals surface area contributed by atoms with Gasteiger partial charge in [-0.25, -0.2) is 14.8 Å². The van der Waals surface area contributed by atoms with E-state index in [1.165, 1.54) is 5.56 Å². The number of hydrogen-bond donors (Lipinski definition) is 1. The molecule has 9 heteroatoms. The van der Waals surface area contributed by atoms with Crippen LogP contribution < -0.4 is 5.32 Å². The number of piperidine rings is 1. The summed E-state index contributed by atoms with van der Waals surface area (Å²) in [4.78, 5) is 26.4. The van der Waals surface area contributed by atoms with Gasteiger partial charge in [0.2, 0.25) is 0 Å². The van der Waals surface area contributed by atoms with Crippen LogP contribution in [0.1, 0.15) is 30.7 Å². The molecule has 2 fully saturated rings. The van der Waals surface area contributed by atoms with Crippen LogP contribution in [0.2, 0.25) is 10.0 Å². The van der Waals surface area contributed by atoms with Crippen LogP contribution in [0.15, 0.2) is 36.5 Å². The summed E-state index contributed by atoms with van der Waals surface area (Å²) in [5.74, 6) is 0.803. The number of carbonyl (C=O) groups excluding carboxylic acids is 1. The van der Waals surface area contributed by atoms with Gasteiger partial charge in [0.05, 0.1) is 16.6 Å². The van der Waals surface area contributed by atoms with Crippen LogP contribution in [-0.2, 0) is 20.1 Å². The molecule has 33 heavy (non-hydrogen) atoms. The number of nitrogens with zero attached hydrogens (tertiary/aromatic N) is 5. The van der Waals surface area contributed by atoms with E-state index >= 15 is 0 Å². The van der Waals surface area contributed by atoms with Crippen LogP contribution in [0.4, 0.5) is 4.79 Å². The van der Waals surface area contributed by atoms with Gasteiger partial charge in [-0.3, -0.25) is 4.90 Å². The number of aryl methyl sites for hydroxylation is 1. The fourth-order valence-corrected chi connectivity index (χ4v) is 5.59. The van der Waals surface area contributed by atoms with Crippen molar-refractivity contribution in [3.63, 3.8) is 0 Å². The predicted octanol–water partition coefficient (Wildman–Crippen LogP) is 4.47. The first-order valence-electron chi connectivity index (χ1n) is 11.4. The van der Waals surface area contributed by atoms with Crippen LogP contribution in [-0.4, -0.2) is 56.5 Å². The number of benzene rings is 1. The summed E-state index contributed by atoms with van der Waals surface area (Å²) in [5, 5.41) is 4.26. The quantitative estimate of drug-likeness (QED) is 0.590. The molecule has 0 aliphatic carbocycles. The SMILES string of the molecule is Cn1c(CNC(=O)N2CCCC3(CCN(Cc4ccc(Cl)c(Cl)c4)C3)C2)nc2cccnc21. The van der Waals surface area contributed by atoms with Crippen LogP contribution in [0.3, 0.4) is 0 Å². The van der Waals surface area contributed by atoms with Crippen LogP contribution in [0.25, 0.3) is 11.2 Å². The molecule has 5 rings (SSSR count). The number of rotatable bonds is 4. The van der Waals surface area contributed by atoms with E-state index in [1.807, 2.05) is 46.8 Å². The Morgan fingerprint density at radius 3 is 2.85 bits per heavy atom. The van der Waals surface area contributed by atoms with Crippen LogP contribution in [0.5, 0.6) is 0 Å². The molecule has 2 saturated heterocycles. The number of likely N-dealkylation sites (tertiary alicyclic amines) is 2. The average molecular weight is 487 g/mol. The number of fused-ring (bicyclic) bond motifs is 1. The molecule has 1 N–H and O–H groups in total. The fraction of sp³-hybridized carbons (Fsp3) is 0.458. The number of amides is 2. The molecule has 4 heterocycles. The molecule has 1 aromatic carbocycles. The Bertz CT molecular complexity index is 1180. The second kappa shape index (κ2) is 9.12. The van der Waals surface area contributed by atoms with Gasteiger partial charge in [0, 0.05) is 44.8 Å². The van der Waals surface area contributed by atoms with Crippen molar-refractivity contribution >= 4 is 40.4 Å². The van der Waals surface area contributed by atoms with E-state index in [2.05, 4.69) is 20.2 Å². The molecule has 2 aliphatic heterocycles. The molecule has 0 radical (unpaired) electrons. The first-order valence-corrected chi connectivity index (χ1v) is 12.1. The average Bonchev–Trinajstić information content (AvgIpc) is 3.35. The monoisotopic (exact) mass is 486 g/mol. The van der Waals surface area contributed by atoms with Crippen molar-refractivity contribution in [2.75, 3.05) is 26.2 Å². The minimum Gasteiger partial charge on any atom is -0.331 e. The zero-order valence-corrected chi connectivity index (χ0v) is 20.2. The molecule has 1 unspecified atom stereocenters. The molecule has 2 aromatic heterocycles. The molecular weight excluding hydrogens is 459 g/mol. The van der Waals surface area contributed by atoms with Crippen molar-refractivity contribution in [2.45, 2.75) is 32.4 Å². The van der Waals surface area contributed by atoms with Crippen LogP contribution in [0, 0.1) is 5.41 Å². The molecular formula is C24H28Cl2N6O. The van der Waals surface area contributed by atoms with E-state index < -0.39 is 0 Å². The van der Waals surface area contributed by atoms with E-state index in [1.54, 1.807) is 6.20 Å². The first kappa shape index (κ1) is 22.4. The summed E-state index contributed by atoms with van der Waals surface area (Å²) in [6, 6.07) is 9.64. The number of halogens is 2. The minimum absolute atomic E-state index is 0.0166. The van der Waals surface area contributed by atoms with E-state index in [9.17, 15) is 4.79 Å². The van der Waals surface area contributed by atoms with E-state index in [-0.39, 0.29) is 11.4 Å². The predicted molar refractivity (Wildman–Crippen MR) is 130 cm³/mol. The lowest BCUT2D eigenvalue weighted by atomic mass is 9.79. The van der Waals surface area contributed by atoms with E-state index in [4.69, 9.17) is 23.2 Å². The Hall–Kier alpha value is -2.35. The maximum Gasteiger partial charge on any atom is 0.317 e. The highest BCUT2D eigenvalue weighted by Crippen LogP contribution is 2.39. The summed E-state index contributed by atoms with van der Waals surface area (Å²) < 4.78 is 1.94. The van der Waals surface area contributed by atoms with Crippen molar-refractivity contribution in [3.8, 4) is 0 Å². The minimum atomic E-state index is -0.0166. The number of imidazole rings is 1. The summed E-state index contributed by atoms with van der Waals surface area (Å²) in [7, 11) is 1.93. The summed E-state index contributed by atoms with van der Waals surface area (Å²) in [5.41, 5.74) is 3.00. The molecule has 0 saturated carbocycles. The number of pyridine rings is 1. The zero-order valence-electron chi connectivity index (χ0n) is 18.7. The second-order valence-electron chi connectivity index (χ2n) is 9.33. The molecule has 2 aliphatic rings. The Morgan fingerprint density at radius 2 is 2.03 bits per heavy atom. The van der Waals surface area contributed by atoms with Gasteiger partial charge < -0.3 is 14.8 Å². The number of hydrogen-bond acceptors (Lipinski definition) is 4. The van der Waals surface area contributed by atoms with Gasteiger partial charge in [0.1, 0.15) is 11.3 Å². The van der Waals surface area contributed by atoms with Gasteiger partial charge in [0.15, 0.2) is 5.65 Å². The maximum atomic E-state index is 13.0. The smallest absolute Gasteiger partial charge is 0.317 e. The Balaban J connectivity index is 1.19. The van der Waals surface area contributed by atoms with E-state index in [0.29, 0.717) is 16.6 Å². The van der Waals surface area contributed by atoms with E-state index in [0.717, 1.165) is 69.0 Å². The van der Waals surface area contributed by atoms with Crippen molar-refractivity contribution in [3.05, 3.63) is 58.0 Å². The van der Waals surface area contributed by atoms with Gasteiger partial charge in [-0.05, 0) is 55.6 Å². The molecule has 1 spiro atoms. The number of carbonyl (C=O) groups is 1. The van der Waals surface area contributed by atoms with Crippen molar-refractivity contribution in [1.82, 2.24) is 29.7 Å². The van der Waals surface area contributed by atoms with Gasteiger partial charge in [-0.1, -0.05) is 29.3 Å². The first-order chi connectivity index (χ1) is 15.9. The number of aromatic nitrogens is 3. The molecule has 1 atom stereocenters. The largest absolute Gasteiger partial charge is 0.331 e. The highest BCUT2D eigenvalue weighted by molar-refractivity contribution is 6.42. The Kier molecular flexibility index (Phi) is 6.20. The number of nitrogens with one attached hydrogen (secondary N) is 1. The topological polar surface area (TPSA) is 66.3 Å². The van der Waals surface area contributed by atoms with Crippen molar-refractivity contribution in [1.29, 1.82) is 0 Å². The standard InChI is InChI=1S/C24H28Cl2N6O/c1-30-21(29-20-4-2-9-27-22(20)30)13-28-23(33)32-10-3-7-24(16-32)8-11-31(15-24)14-17-5-6-18(25)19(26)12-17/h2,4-6,9,12H,3,7-8,10-11,13-16H2,1H3,(H,28,33). The molecule has 7 nitrogen and oxygen atoms in total. The van der Waals surface area contributed by atoms with Crippen LogP contribution >= 0.6 is 23.2 Å². The third kappa shape index (κ3) is 4.67. The lowest BCUT2D eigenvalue weighted by Crippen LogP contribution is -2.50. The molecule has 3 aromatic rings. The number of urea groups is 1. The van der Waals surface area contributed by atoms with Crippen molar-refractivity contribution < 1.29 is 4.79 Å². The highest BCUT2D eigenvalue weighted by atomic mass is 35.5. The fourth-order valence-electron chi connectivity index (χ4n) is 5.27. The molecule has 174 valence electrons. The van der Waals surface area contributed by atoms with Gasteiger partial charge in [-0.2, -0.15) is 0 Å². The molecule has 2 amide bonds. The van der Waals surface area contributed by atoms with Gasteiger partial charge in [-0.15, -0.1) is 0 Å². The lowest BCUT2D eigenvalue weighted by molar-refractivity contribution is 0.107. The summed E-state index contributed by atoms with van der Waals surface area (Å²) in [6.45, 7) is 4.85. The third-order valence-electron chi connectivity index (χ3n) is 6.97. The summed E-state index contributed by atoms with van der Waals surface area (Å²) in [6.07, 6.45) is 5.05. The normalized spacial score (nSPS) is 21.2. The highest BCUT2D eigenvalue weighted by Gasteiger charge is 2.42. The Morgan fingerprint density at radius 1 is 1.15 bits per heavy atom. The summed E-state index contributed by atoms with van der Waals surface area (Å²) >= 11 is 12.2. The third-order valence-corrected chi connectivity index (χ3v) is 7.71. The maximum absolute atomic E-state index is 13.0. The van der Waals surface area contributed by atoms with Crippen molar-refractivity contribution in [2.24, 2.45) is 12.5 Å². The van der Waals surface area contributed by atoms with Gasteiger partial charge in [0.25, 0.3) is 0 Å². The lowest BCUT2D eigenvalue weighted by Gasteiger charge is -2.40.